The van der Waals surface area contributed by atoms with Gasteiger partial charge in [-0.05, 0) is 12.8 Å². The summed E-state index contributed by atoms with van der Waals surface area (Å²) < 4.78 is 2.17. The number of hydrogen-bond donors (Lipinski definition) is 0. The van der Waals surface area contributed by atoms with E-state index in [0.717, 1.165) is 28.6 Å². The zero-order valence-corrected chi connectivity index (χ0v) is 10.5. The van der Waals surface area contributed by atoms with E-state index in [0.29, 0.717) is 12.1 Å². The van der Waals surface area contributed by atoms with Crippen molar-refractivity contribution in [3.63, 3.8) is 0 Å². The lowest BCUT2D eigenvalue weighted by Gasteiger charge is -2.04. The van der Waals surface area contributed by atoms with Gasteiger partial charge in [0.05, 0.1) is 18.1 Å². The van der Waals surface area contributed by atoms with Gasteiger partial charge >= 0.3 is 6.03 Å². The van der Waals surface area contributed by atoms with Crippen LogP contribution in [0.1, 0.15) is 37.6 Å². The van der Waals surface area contributed by atoms with Crippen molar-refractivity contribution < 1.29 is 4.79 Å². The average Bonchev–Trinajstić information content (AvgIpc) is 3.07. The first-order valence-electron chi connectivity index (χ1n) is 6.03. The zero-order valence-electron chi connectivity index (χ0n) is 10.5. The minimum atomic E-state index is -0.488. The Morgan fingerprint density at radius 3 is 2.89 bits per heavy atom. The highest BCUT2D eigenvalue weighted by Crippen LogP contribution is 2.10. The third-order valence-corrected chi connectivity index (χ3v) is 2.69. The number of unbranched alkanes of at least 4 members (excludes halogenated alkanes) is 2. The second kappa shape index (κ2) is 5.86. The Morgan fingerprint density at radius 2 is 2.26 bits per heavy atom. The van der Waals surface area contributed by atoms with Crippen LogP contribution in [0, 0.1) is 11.3 Å². The summed E-state index contributed by atoms with van der Waals surface area (Å²) in [6, 6.07) is 1.46. The topological polar surface area (TPSA) is 102 Å². The van der Waals surface area contributed by atoms with Crippen molar-refractivity contribution in [1.29, 1.82) is 5.26 Å². The van der Waals surface area contributed by atoms with Crippen LogP contribution in [0.2, 0.25) is 0 Å². The fraction of sp³-hybridized carbons (Fsp3) is 0.455. The number of nitriles is 1. The van der Waals surface area contributed by atoms with Crippen molar-refractivity contribution in [2.75, 3.05) is 0 Å². The Kier molecular flexibility index (Phi) is 3.97. The monoisotopic (exact) mass is 259 g/mol. The molecule has 2 rings (SSSR count). The maximum absolute atomic E-state index is 12.1. The van der Waals surface area contributed by atoms with E-state index < -0.39 is 6.03 Å². The standard InChI is InChI=1S/C11H13N7O/c1-2-3-4-5-10-9(8-12)14-16-18(10)11(19)17-7-6-13-15-17/h6-7H,2-5H2,1H3. The van der Waals surface area contributed by atoms with E-state index in [-0.39, 0.29) is 5.69 Å². The number of hydrogen-bond acceptors (Lipinski definition) is 6. The molecule has 0 fully saturated rings. The summed E-state index contributed by atoms with van der Waals surface area (Å²) in [6.45, 7) is 2.08. The molecule has 0 amide bonds. The van der Waals surface area contributed by atoms with Gasteiger partial charge in [0.1, 0.15) is 6.07 Å². The molecule has 0 saturated carbocycles. The Labute approximate surface area is 109 Å². The van der Waals surface area contributed by atoms with Gasteiger partial charge in [-0.2, -0.15) is 14.6 Å². The molecule has 2 heterocycles. The molecule has 0 N–H and O–H groups in total. The van der Waals surface area contributed by atoms with Gasteiger partial charge in [-0.25, -0.2) is 4.79 Å². The van der Waals surface area contributed by atoms with Crippen molar-refractivity contribution in [1.82, 2.24) is 30.0 Å². The van der Waals surface area contributed by atoms with E-state index in [1.807, 2.05) is 6.07 Å². The van der Waals surface area contributed by atoms with Gasteiger partial charge in [-0.3, -0.25) is 0 Å². The molecule has 0 aromatic carbocycles. The first-order valence-corrected chi connectivity index (χ1v) is 6.03. The number of nitrogens with zero attached hydrogens (tertiary/aromatic N) is 7. The molecule has 2 aromatic rings. The van der Waals surface area contributed by atoms with Crippen molar-refractivity contribution in [2.24, 2.45) is 0 Å². The summed E-state index contributed by atoms with van der Waals surface area (Å²) >= 11 is 0. The average molecular weight is 259 g/mol. The van der Waals surface area contributed by atoms with Crippen LogP contribution < -0.4 is 0 Å². The Bertz CT molecular complexity index is 593. The quantitative estimate of drug-likeness (QED) is 0.758. The van der Waals surface area contributed by atoms with Gasteiger partial charge in [0.15, 0.2) is 5.69 Å². The molecule has 0 aliphatic heterocycles. The molecule has 0 atom stereocenters. The number of carbonyl (C=O) groups is 1. The highest BCUT2D eigenvalue weighted by Gasteiger charge is 2.19. The second-order valence-corrected chi connectivity index (χ2v) is 4.00. The van der Waals surface area contributed by atoms with Gasteiger partial charge in [0.2, 0.25) is 0 Å². The molecule has 0 unspecified atom stereocenters. The van der Waals surface area contributed by atoms with E-state index in [4.69, 9.17) is 5.26 Å². The smallest absolute Gasteiger partial charge is 0.243 e. The van der Waals surface area contributed by atoms with Gasteiger partial charge in [0, 0.05) is 0 Å². The molecular formula is C11H13N7O. The highest BCUT2D eigenvalue weighted by atomic mass is 16.2. The summed E-state index contributed by atoms with van der Waals surface area (Å²) in [4.78, 5) is 12.1. The second-order valence-electron chi connectivity index (χ2n) is 4.00. The lowest BCUT2D eigenvalue weighted by atomic mass is 10.1. The van der Waals surface area contributed by atoms with Crippen LogP contribution in [-0.2, 0) is 6.42 Å². The Hall–Kier alpha value is -2.56. The Balaban J connectivity index is 2.28. The largest absolute Gasteiger partial charge is 0.372 e. The van der Waals surface area contributed by atoms with E-state index in [2.05, 4.69) is 27.5 Å². The van der Waals surface area contributed by atoms with Crippen LogP contribution in [0.5, 0.6) is 0 Å². The van der Waals surface area contributed by atoms with Gasteiger partial charge in [-0.15, -0.1) is 10.2 Å². The highest BCUT2D eigenvalue weighted by molar-refractivity contribution is 5.78. The molecule has 0 aliphatic carbocycles. The number of rotatable bonds is 4. The minimum absolute atomic E-state index is 0.185. The van der Waals surface area contributed by atoms with Crippen LogP contribution in [0.3, 0.4) is 0 Å². The van der Waals surface area contributed by atoms with Gasteiger partial charge in [0.25, 0.3) is 0 Å². The predicted molar refractivity (Wildman–Crippen MR) is 64.2 cm³/mol. The molecule has 8 nitrogen and oxygen atoms in total. The van der Waals surface area contributed by atoms with Crippen LogP contribution in [0.15, 0.2) is 12.4 Å². The number of carbonyl (C=O) groups excluding carboxylic acids is 1. The van der Waals surface area contributed by atoms with Gasteiger partial charge in [-0.1, -0.05) is 30.2 Å². The molecule has 2 aromatic heterocycles. The molecular weight excluding hydrogens is 246 g/mol. The third-order valence-electron chi connectivity index (χ3n) is 2.69. The fourth-order valence-electron chi connectivity index (χ4n) is 1.72. The van der Waals surface area contributed by atoms with Gasteiger partial charge < -0.3 is 0 Å². The van der Waals surface area contributed by atoms with E-state index >= 15 is 0 Å². The lowest BCUT2D eigenvalue weighted by Crippen LogP contribution is -2.23. The number of aromatic nitrogens is 6. The molecule has 0 aliphatic rings. The summed E-state index contributed by atoms with van der Waals surface area (Å²) in [7, 11) is 0. The fourth-order valence-corrected chi connectivity index (χ4v) is 1.72. The maximum atomic E-state index is 12.1. The first-order chi connectivity index (χ1) is 9.27. The summed E-state index contributed by atoms with van der Waals surface area (Å²) in [5.74, 6) is 0. The molecule has 0 bridgehead atoms. The van der Waals surface area contributed by atoms with Crippen LogP contribution >= 0.6 is 0 Å². The maximum Gasteiger partial charge on any atom is 0.372 e. The van der Waals surface area contributed by atoms with E-state index in [9.17, 15) is 4.79 Å². The molecule has 0 saturated heterocycles. The first kappa shape index (κ1) is 12.9. The zero-order chi connectivity index (χ0) is 13.7. The van der Waals surface area contributed by atoms with Crippen molar-refractivity contribution in [3.05, 3.63) is 23.8 Å². The van der Waals surface area contributed by atoms with Crippen LogP contribution in [0.4, 0.5) is 4.79 Å². The molecule has 19 heavy (non-hydrogen) atoms. The Morgan fingerprint density at radius 1 is 1.42 bits per heavy atom. The predicted octanol–water partition coefficient (Wildman–Crippen LogP) is 0.990. The molecule has 8 heteroatoms. The van der Waals surface area contributed by atoms with Crippen molar-refractivity contribution >= 4 is 6.03 Å². The van der Waals surface area contributed by atoms with Crippen LogP contribution in [0.25, 0.3) is 0 Å². The summed E-state index contributed by atoms with van der Waals surface area (Å²) in [5.41, 5.74) is 0.709. The van der Waals surface area contributed by atoms with E-state index in [1.165, 1.54) is 12.4 Å². The molecule has 98 valence electrons. The van der Waals surface area contributed by atoms with E-state index in [1.54, 1.807) is 0 Å². The lowest BCUT2D eigenvalue weighted by molar-refractivity contribution is 0.236. The normalized spacial score (nSPS) is 10.3. The third kappa shape index (κ3) is 2.65. The molecule has 0 spiro atoms. The SMILES string of the molecule is CCCCCc1c(C#N)nnn1C(=O)n1ccnn1. The minimum Gasteiger partial charge on any atom is -0.243 e. The van der Waals surface area contributed by atoms with Crippen LogP contribution in [-0.4, -0.2) is 36.0 Å². The van der Waals surface area contributed by atoms with Crippen molar-refractivity contribution in [3.8, 4) is 6.07 Å². The van der Waals surface area contributed by atoms with Crippen molar-refractivity contribution in [2.45, 2.75) is 32.6 Å². The molecule has 0 radical (unpaired) electrons. The summed E-state index contributed by atoms with van der Waals surface area (Å²) in [5, 5.41) is 23.6. The summed E-state index contributed by atoms with van der Waals surface area (Å²) in [6.07, 6.45) is 6.37.